The summed E-state index contributed by atoms with van der Waals surface area (Å²) in [4.78, 5) is 45.3. The minimum Gasteiger partial charge on any atom is -0.389 e. The number of rotatable bonds is 5. The van der Waals surface area contributed by atoms with E-state index in [1.54, 1.807) is 0 Å². The molecule has 0 spiro atoms. The molecule has 3 aromatic rings. The Morgan fingerprint density at radius 2 is 1.94 bits per heavy atom. The molecule has 8 nitrogen and oxygen atoms in total. The molecule has 35 heavy (non-hydrogen) atoms. The molecule has 12 heteroatoms. The number of fused-ring (bicyclic) bond motifs is 1. The van der Waals surface area contributed by atoms with Crippen LogP contribution in [0.2, 0.25) is 0 Å². The number of carbonyl (C=O) groups excluding carboxylic acids is 1. The predicted molar refractivity (Wildman–Crippen MR) is 123 cm³/mol. The van der Waals surface area contributed by atoms with Crippen molar-refractivity contribution in [1.29, 1.82) is 0 Å². The third-order valence-corrected chi connectivity index (χ3v) is 6.92. The highest BCUT2D eigenvalue weighted by Gasteiger charge is 2.36. The van der Waals surface area contributed by atoms with Crippen LogP contribution in [0.3, 0.4) is 0 Å². The van der Waals surface area contributed by atoms with Crippen LogP contribution in [0.15, 0.2) is 33.9 Å². The summed E-state index contributed by atoms with van der Waals surface area (Å²) in [5.41, 5.74) is -2.34. The lowest BCUT2D eigenvalue weighted by molar-refractivity contribution is -0.138. The molecule has 1 N–H and O–H groups in total. The second-order valence-electron chi connectivity index (χ2n) is 8.88. The fraction of sp³-hybridized carbons (Fsp3) is 0.435. The first-order valence-corrected chi connectivity index (χ1v) is 11.7. The van der Waals surface area contributed by atoms with Crippen molar-refractivity contribution >= 4 is 27.5 Å². The number of hydrogen-bond donors (Lipinski definition) is 1. The van der Waals surface area contributed by atoms with E-state index in [2.05, 4.69) is 0 Å². The molecule has 4 rings (SSSR count). The molecular formula is C23H24F3N3O5S. The van der Waals surface area contributed by atoms with Gasteiger partial charge in [0, 0.05) is 24.9 Å². The minimum atomic E-state index is -4.62. The Balaban J connectivity index is 2.00. The Bertz CT molecular complexity index is 1410. The summed E-state index contributed by atoms with van der Waals surface area (Å²) in [6.45, 7) is 3.72. The largest absolute Gasteiger partial charge is 0.416 e. The van der Waals surface area contributed by atoms with E-state index in [9.17, 15) is 32.7 Å². The molecular weight excluding hydrogens is 487 g/mol. The van der Waals surface area contributed by atoms with Crippen molar-refractivity contribution in [2.75, 3.05) is 13.2 Å². The zero-order valence-electron chi connectivity index (χ0n) is 19.3. The quantitative estimate of drug-likeness (QED) is 0.569. The van der Waals surface area contributed by atoms with Gasteiger partial charge in [0.15, 0.2) is 0 Å². The van der Waals surface area contributed by atoms with Crippen molar-refractivity contribution in [3.8, 4) is 0 Å². The van der Waals surface area contributed by atoms with Gasteiger partial charge in [0.25, 0.3) is 11.5 Å². The van der Waals surface area contributed by atoms with Crippen LogP contribution in [-0.4, -0.2) is 44.5 Å². The number of aliphatic hydroxyl groups excluding tert-OH is 1. The van der Waals surface area contributed by atoms with E-state index < -0.39 is 35.0 Å². The summed E-state index contributed by atoms with van der Waals surface area (Å²) in [7, 11) is 1.29. The van der Waals surface area contributed by atoms with Gasteiger partial charge in [-0.15, -0.1) is 11.3 Å². The van der Waals surface area contributed by atoms with Crippen LogP contribution >= 0.6 is 11.3 Å². The molecule has 3 heterocycles. The Kier molecular flexibility index (Phi) is 6.64. The molecule has 0 bridgehead atoms. The van der Waals surface area contributed by atoms with Crippen molar-refractivity contribution in [2.24, 2.45) is 13.0 Å². The SMILES string of the molecule is CC(C)Cn1c(=O)n(C)c(=O)c2c(C(=O)N3C[C@H](O)CO3)c(Cc3ccccc3C(F)(F)F)sc21. The van der Waals surface area contributed by atoms with Gasteiger partial charge in [0.05, 0.1) is 23.1 Å². The molecule has 188 valence electrons. The van der Waals surface area contributed by atoms with Gasteiger partial charge in [-0.3, -0.25) is 23.6 Å². The molecule has 1 fully saturated rings. The van der Waals surface area contributed by atoms with Crippen LogP contribution in [-0.2, 0) is 31.0 Å². The maximum atomic E-state index is 13.7. The molecule has 0 saturated carbocycles. The van der Waals surface area contributed by atoms with Gasteiger partial charge in [-0.25, -0.2) is 9.86 Å². The highest BCUT2D eigenvalue weighted by molar-refractivity contribution is 7.19. The molecule has 1 aliphatic heterocycles. The molecule has 0 aliphatic carbocycles. The first kappa shape index (κ1) is 25.1. The van der Waals surface area contributed by atoms with Crippen molar-refractivity contribution in [2.45, 2.75) is 39.1 Å². The van der Waals surface area contributed by atoms with Crippen LogP contribution < -0.4 is 11.2 Å². The number of alkyl halides is 3. The summed E-state index contributed by atoms with van der Waals surface area (Å²) < 4.78 is 43.3. The molecule has 0 unspecified atom stereocenters. The zero-order chi connectivity index (χ0) is 25.7. The monoisotopic (exact) mass is 511 g/mol. The number of aromatic nitrogens is 2. The number of carbonyl (C=O) groups is 1. The van der Waals surface area contributed by atoms with E-state index >= 15 is 0 Å². The van der Waals surface area contributed by atoms with Crippen molar-refractivity contribution in [1.82, 2.24) is 14.2 Å². The summed E-state index contributed by atoms with van der Waals surface area (Å²) in [5, 5.41) is 10.7. The summed E-state index contributed by atoms with van der Waals surface area (Å²) >= 11 is 0.948. The Labute approximate surface area is 201 Å². The molecule has 1 aliphatic rings. The van der Waals surface area contributed by atoms with Gasteiger partial charge < -0.3 is 5.11 Å². The van der Waals surface area contributed by atoms with E-state index in [0.717, 1.165) is 27.0 Å². The Morgan fingerprint density at radius 3 is 2.54 bits per heavy atom. The van der Waals surface area contributed by atoms with E-state index in [1.807, 2.05) is 13.8 Å². The van der Waals surface area contributed by atoms with Crippen LogP contribution in [0, 0.1) is 5.92 Å². The lowest BCUT2D eigenvalue weighted by atomic mass is 10.0. The van der Waals surface area contributed by atoms with Crippen molar-refractivity contribution in [3.05, 3.63) is 66.7 Å². The summed E-state index contributed by atoms with van der Waals surface area (Å²) in [6, 6.07) is 5.01. The van der Waals surface area contributed by atoms with Crippen LogP contribution in [0.5, 0.6) is 0 Å². The molecule has 1 aromatic carbocycles. The number of aliphatic hydroxyl groups is 1. The molecule has 0 radical (unpaired) electrons. The van der Waals surface area contributed by atoms with Crippen LogP contribution in [0.25, 0.3) is 10.2 Å². The highest BCUT2D eigenvalue weighted by atomic mass is 32.1. The average molecular weight is 512 g/mol. The van der Waals surface area contributed by atoms with Crippen LogP contribution in [0.1, 0.15) is 40.2 Å². The number of β-amino-alcohol motifs (C(OH)–C–C–N with tert-alkyl or cyclic N) is 1. The standard InChI is InChI=1S/C23H24F3N3O5S/c1-12(2)9-28-21-18(19(31)27(3)22(28)33)17(20(32)29-10-14(30)11-34-29)16(35-21)8-13-6-4-5-7-15(13)23(24,25)26/h4-7,12,14,30H,8-11H2,1-3H3/t14-/m0/s1. The highest BCUT2D eigenvalue weighted by Crippen LogP contribution is 2.37. The number of benzene rings is 1. The van der Waals surface area contributed by atoms with E-state index in [1.165, 1.54) is 29.8 Å². The van der Waals surface area contributed by atoms with Crippen LogP contribution in [0.4, 0.5) is 13.2 Å². The predicted octanol–water partition coefficient (Wildman–Crippen LogP) is 2.78. The number of hydroxylamine groups is 2. The third-order valence-electron chi connectivity index (χ3n) is 5.71. The second-order valence-corrected chi connectivity index (χ2v) is 9.96. The molecule has 1 atom stereocenters. The summed E-state index contributed by atoms with van der Waals surface area (Å²) in [5.74, 6) is -0.736. The van der Waals surface area contributed by atoms with Crippen molar-refractivity contribution in [3.63, 3.8) is 0 Å². The summed E-state index contributed by atoms with van der Waals surface area (Å²) in [6.07, 6.45) is -5.83. The number of halogens is 3. The topological polar surface area (TPSA) is 93.8 Å². The Morgan fingerprint density at radius 1 is 1.26 bits per heavy atom. The molecule has 1 amide bonds. The second kappa shape index (κ2) is 9.25. The van der Waals surface area contributed by atoms with Gasteiger partial charge in [-0.2, -0.15) is 13.2 Å². The van der Waals surface area contributed by atoms with Gasteiger partial charge in [-0.05, 0) is 17.5 Å². The fourth-order valence-corrected chi connectivity index (χ4v) is 5.42. The maximum Gasteiger partial charge on any atom is 0.416 e. The number of nitrogens with zero attached hydrogens (tertiary/aromatic N) is 3. The van der Waals surface area contributed by atoms with Gasteiger partial charge in [0.1, 0.15) is 17.5 Å². The maximum absolute atomic E-state index is 13.7. The van der Waals surface area contributed by atoms with E-state index in [4.69, 9.17) is 4.84 Å². The smallest absolute Gasteiger partial charge is 0.389 e. The van der Waals surface area contributed by atoms with Gasteiger partial charge in [0.2, 0.25) is 0 Å². The number of thiophene rings is 1. The van der Waals surface area contributed by atoms with E-state index in [-0.39, 0.29) is 58.3 Å². The third kappa shape index (κ3) is 4.65. The van der Waals surface area contributed by atoms with Gasteiger partial charge >= 0.3 is 11.9 Å². The first-order chi connectivity index (χ1) is 16.4. The zero-order valence-corrected chi connectivity index (χ0v) is 20.1. The minimum absolute atomic E-state index is 0.0149. The fourth-order valence-electron chi connectivity index (χ4n) is 4.12. The number of amides is 1. The van der Waals surface area contributed by atoms with Gasteiger partial charge in [-0.1, -0.05) is 32.0 Å². The lowest BCUT2D eigenvalue weighted by Gasteiger charge is -2.16. The van der Waals surface area contributed by atoms with E-state index in [0.29, 0.717) is 0 Å². The Hall–Kier alpha value is -2.96. The first-order valence-electron chi connectivity index (χ1n) is 10.9. The lowest BCUT2D eigenvalue weighted by Crippen LogP contribution is -2.39. The van der Waals surface area contributed by atoms with Crippen molar-refractivity contribution < 1.29 is 27.9 Å². The average Bonchev–Trinajstić information content (AvgIpc) is 3.38. The normalized spacial score (nSPS) is 16.6. The molecule has 1 saturated heterocycles. The molecule has 2 aromatic heterocycles. The number of hydrogen-bond acceptors (Lipinski definition) is 6.